The third-order valence-electron chi connectivity index (χ3n) is 2.56. The molecule has 0 unspecified atom stereocenters. The fraction of sp³-hybridized carbons (Fsp3) is 0.154. The molecule has 9 heteroatoms. The van der Waals surface area contributed by atoms with Crippen LogP contribution in [0.4, 0.5) is 5.69 Å². The van der Waals surface area contributed by atoms with Crippen LogP contribution in [0.2, 0.25) is 0 Å². The van der Waals surface area contributed by atoms with Gasteiger partial charge in [0.1, 0.15) is 11.6 Å². The molecule has 1 aromatic carbocycles. The zero-order valence-electron chi connectivity index (χ0n) is 11.5. The number of tetrazole rings is 1. The average Bonchev–Trinajstić information content (AvgIpc) is 3.03. The number of esters is 1. The van der Waals surface area contributed by atoms with Gasteiger partial charge in [-0.2, -0.15) is 10.5 Å². The summed E-state index contributed by atoms with van der Waals surface area (Å²) in [6.07, 6.45) is 1.48. The normalized spacial score (nSPS) is 10.9. The molecule has 0 atom stereocenters. The van der Waals surface area contributed by atoms with Gasteiger partial charge in [0.05, 0.1) is 17.9 Å². The van der Waals surface area contributed by atoms with Gasteiger partial charge in [-0.15, -0.1) is 10.2 Å². The van der Waals surface area contributed by atoms with Crippen molar-refractivity contribution < 1.29 is 9.53 Å². The van der Waals surface area contributed by atoms with E-state index < -0.39 is 0 Å². The van der Waals surface area contributed by atoms with Crippen molar-refractivity contribution in [1.29, 1.82) is 5.26 Å². The Bertz CT molecular complexity index is 735. The van der Waals surface area contributed by atoms with Crippen LogP contribution in [0, 0.1) is 14.9 Å². The summed E-state index contributed by atoms with van der Waals surface area (Å²) in [4.78, 5) is 11.6. The number of ether oxygens (including phenoxy) is 1. The van der Waals surface area contributed by atoms with Crippen molar-refractivity contribution in [3.63, 3.8) is 0 Å². The maximum atomic E-state index is 11.6. The SMILES string of the molecule is CCOC(=O)c1ccc(NC=C(C#N)c2nn[nH]n2)c(I)c1. The predicted octanol–water partition coefficient (Wildman–Crippen LogP) is 1.96. The van der Waals surface area contributed by atoms with Gasteiger partial charge in [-0.05, 0) is 52.9 Å². The summed E-state index contributed by atoms with van der Waals surface area (Å²) >= 11 is 2.09. The van der Waals surface area contributed by atoms with Crippen molar-refractivity contribution in [3.8, 4) is 6.07 Å². The number of aromatic amines is 1. The zero-order valence-corrected chi connectivity index (χ0v) is 13.7. The van der Waals surface area contributed by atoms with Crippen LogP contribution in [0.15, 0.2) is 24.4 Å². The second-order valence-corrected chi connectivity index (χ2v) is 5.13. The van der Waals surface area contributed by atoms with E-state index in [-0.39, 0.29) is 17.4 Å². The number of benzene rings is 1. The molecule has 0 aliphatic rings. The number of H-pyrrole nitrogens is 1. The van der Waals surface area contributed by atoms with Crippen LogP contribution in [0.25, 0.3) is 5.57 Å². The summed E-state index contributed by atoms with van der Waals surface area (Å²) in [5.41, 5.74) is 1.45. The average molecular weight is 410 g/mol. The van der Waals surface area contributed by atoms with Crippen LogP contribution in [-0.2, 0) is 4.74 Å². The van der Waals surface area contributed by atoms with E-state index in [2.05, 4.69) is 48.5 Å². The van der Waals surface area contributed by atoms with E-state index in [0.717, 1.165) is 9.26 Å². The first kappa shape index (κ1) is 15.9. The van der Waals surface area contributed by atoms with Gasteiger partial charge in [-0.25, -0.2) is 4.79 Å². The van der Waals surface area contributed by atoms with Crippen LogP contribution in [0.5, 0.6) is 0 Å². The standard InChI is InChI=1S/C13H11IN6O2/c1-2-22-13(21)8-3-4-11(10(14)5-8)16-7-9(6-15)12-17-19-20-18-12/h3-5,7,16H,2H2,1H3,(H,17,18,19,20). The van der Waals surface area contributed by atoms with Crippen LogP contribution in [0.3, 0.4) is 0 Å². The second-order valence-electron chi connectivity index (χ2n) is 3.96. The largest absolute Gasteiger partial charge is 0.462 e. The van der Waals surface area contributed by atoms with Crippen LogP contribution >= 0.6 is 22.6 Å². The lowest BCUT2D eigenvalue weighted by molar-refractivity contribution is 0.0526. The van der Waals surface area contributed by atoms with Crippen molar-refractivity contribution in [2.45, 2.75) is 6.92 Å². The molecule has 0 aliphatic heterocycles. The van der Waals surface area contributed by atoms with Gasteiger partial charge in [0.25, 0.3) is 0 Å². The molecule has 112 valence electrons. The molecule has 0 saturated carbocycles. The van der Waals surface area contributed by atoms with E-state index in [1.54, 1.807) is 25.1 Å². The van der Waals surface area contributed by atoms with Crippen molar-refractivity contribution in [3.05, 3.63) is 39.4 Å². The Hall–Kier alpha value is -2.48. The molecule has 1 aromatic heterocycles. The maximum absolute atomic E-state index is 11.6. The minimum Gasteiger partial charge on any atom is -0.462 e. The summed E-state index contributed by atoms with van der Waals surface area (Å²) in [6.45, 7) is 2.08. The first-order chi connectivity index (χ1) is 10.7. The fourth-order valence-electron chi connectivity index (χ4n) is 1.55. The summed E-state index contributed by atoms with van der Waals surface area (Å²) in [5.74, 6) is -0.167. The number of nitrogens with zero attached hydrogens (tertiary/aromatic N) is 4. The number of nitriles is 1. The van der Waals surface area contributed by atoms with Gasteiger partial charge in [0, 0.05) is 9.77 Å². The molecule has 8 nitrogen and oxygen atoms in total. The molecule has 2 rings (SSSR count). The number of hydrogen-bond donors (Lipinski definition) is 2. The Kier molecular flexibility index (Phi) is 5.42. The third kappa shape index (κ3) is 3.79. The number of anilines is 1. The van der Waals surface area contributed by atoms with Gasteiger partial charge in [0.2, 0.25) is 5.82 Å². The van der Waals surface area contributed by atoms with Crippen molar-refractivity contribution >= 4 is 39.8 Å². The lowest BCUT2D eigenvalue weighted by atomic mass is 10.2. The first-order valence-electron chi connectivity index (χ1n) is 6.23. The van der Waals surface area contributed by atoms with Gasteiger partial charge < -0.3 is 10.1 Å². The molecule has 0 amide bonds. The molecule has 22 heavy (non-hydrogen) atoms. The molecule has 0 spiro atoms. The molecular formula is C13H11IN6O2. The maximum Gasteiger partial charge on any atom is 0.338 e. The molecular weight excluding hydrogens is 399 g/mol. The van der Waals surface area contributed by atoms with E-state index >= 15 is 0 Å². The minimum atomic E-state index is -0.369. The highest BCUT2D eigenvalue weighted by Crippen LogP contribution is 2.21. The van der Waals surface area contributed by atoms with Crippen molar-refractivity contribution in [1.82, 2.24) is 20.6 Å². The molecule has 0 bridgehead atoms. The Balaban J connectivity index is 2.17. The number of rotatable bonds is 5. The number of carbonyl (C=O) groups is 1. The highest BCUT2D eigenvalue weighted by molar-refractivity contribution is 14.1. The van der Waals surface area contributed by atoms with E-state index in [0.29, 0.717) is 12.2 Å². The zero-order chi connectivity index (χ0) is 15.9. The lowest BCUT2D eigenvalue weighted by Crippen LogP contribution is -2.05. The summed E-state index contributed by atoms with van der Waals surface area (Å²) < 4.78 is 5.75. The lowest BCUT2D eigenvalue weighted by Gasteiger charge is -2.07. The van der Waals surface area contributed by atoms with E-state index in [1.165, 1.54) is 6.20 Å². The molecule has 0 fully saturated rings. The van der Waals surface area contributed by atoms with Gasteiger partial charge >= 0.3 is 5.97 Å². The number of carbonyl (C=O) groups excluding carboxylic acids is 1. The van der Waals surface area contributed by atoms with Crippen molar-refractivity contribution in [2.75, 3.05) is 11.9 Å². The smallest absolute Gasteiger partial charge is 0.338 e. The highest BCUT2D eigenvalue weighted by Gasteiger charge is 2.10. The predicted molar refractivity (Wildman–Crippen MR) is 86.5 cm³/mol. The molecule has 0 radical (unpaired) electrons. The second kappa shape index (κ2) is 7.51. The van der Waals surface area contributed by atoms with E-state index in [9.17, 15) is 4.79 Å². The number of aromatic nitrogens is 4. The monoisotopic (exact) mass is 410 g/mol. The Morgan fingerprint density at radius 1 is 1.59 bits per heavy atom. The molecule has 1 heterocycles. The number of halogens is 1. The van der Waals surface area contributed by atoms with Gasteiger partial charge in [-0.1, -0.05) is 0 Å². The Morgan fingerprint density at radius 3 is 3.00 bits per heavy atom. The fourth-order valence-corrected chi connectivity index (χ4v) is 2.22. The van der Waals surface area contributed by atoms with E-state index in [1.807, 2.05) is 6.07 Å². The third-order valence-corrected chi connectivity index (χ3v) is 3.45. The molecule has 0 saturated heterocycles. The number of nitrogens with one attached hydrogen (secondary N) is 2. The molecule has 2 aromatic rings. The minimum absolute atomic E-state index is 0.202. The Morgan fingerprint density at radius 2 is 2.41 bits per heavy atom. The van der Waals surface area contributed by atoms with Crippen LogP contribution in [-0.4, -0.2) is 33.2 Å². The Labute approximate surface area is 139 Å². The quantitative estimate of drug-likeness (QED) is 0.440. The van der Waals surface area contributed by atoms with Gasteiger partial charge in [-0.3, -0.25) is 0 Å². The first-order valence-corrected chi connectivity index (χ1v) is 7.31. The summed E-state index contributed by atoms with van der Waals surface area (Å²) in [7, 11) is 0. The number of hydrogen-bond acceptors (Lipinski definition) is 7. The summed E-state index contributed by atoms with van der Waals surface area (Å²) in [5, 5.41) is 25.2. The van der Waals surface area contributed by atoms with Crippen LogP contribution in [0.1, 0.15) is 23.1 Å². The number of allylic oxidation sites excluding steroid dienone is 1. The highest BCUT2D eigenvalue weighted by atomic mass is 127. The van der Waals surface area contributed by atoms with Gasteiger partial charge in [0.15, 0.2) is 0 Å². The van der Waals surface area contributed by atoms with Crippen LogP contribution < -0.4 is 5.32 Å². The topological polar surface area (TPSA) is 117 Å². The summed E-state index contributed by atoms with van der Waals surface area (Å²) in [6, 6.07) is 7.06. The van der Waals surface area contributed by atoms with E-state index in [4.69, 9.17) is 10.00 Å². The van der Waals surface area contributed by atoms with Crippen molar-refractivity contribution in [2.24, 2.45) is 0 Å². The molecule has 0 aliphatic carbocycles. The molecule has 2 N–H and O–H groups in total.